The first-order valence-electron chi connectivity index (χ1n) is 5.72. The fourth-order valence-electron chi connectivity index (χ4n) is 1.57. The van der Waals surface area contributed by atoms with Crippen molar-refractivity contribution in [1.82, 2.24) is 0 Å². The Kier molecular flexibility index (Phi) is 4.03. The van der Waals surface area contributed by atoms with Gasteiger partial charge in [-0.1, -0.05) is 18.2 Å². The van der Waals surface area contributed by atoms with Crippen molar-refractivity contribution in [3.05, 3.63) is 58.1 Å². The smallest absolute Gasteiger partial charge is 0.339 e. The third-order valence-electron chi connectivity index (χ3n) is 2.55. The molecule has 0 amide bonds. The van der Waals surface area contributed by atoms with Crippen LogP contribution in [0.1, 0.15) is 11.3 Å². The van der Waals surface area contributed by atoms with E-state index in [4.69, 9.17) is 13.9 Å². The van der Waals surface area contributed by atoms with Crippen molar-refractivity contribution in [2.45, 2.75) is 0 Å². The molecule has 2 rings (SSSR count). The zero-order valence-corrected chi connectivity index (χ0v) is 10.8. The lowest BCUT2D eigenvalue weighted by molar-refractivity contribution is 0.400. The van der Waals surface area contributed by atoms with Crippen molar-refractivity contribution < 1.29 is 13.9 Å². The predicted molar refractivity (Wildman–Crippen MR) is 73.5 cm³/mol. The molecule has 0 atom stereocenters. The van der Waals surface area contributed by atoms with Gasteiger partial charge in [0, 0.05) is 6.07 Å². The van der Waals surface area contributed by atoms with Crippen LogP contribution in [0.5, 0.6) is 11.5 Å². The molecule has 1 aromatic carbocycles. The molecule has 0 fully saturated rings. The summed E-state index contributed by atoms with van der Waals surface area (Å²) in [6.45, 7) is 0. The van der Waals surface area contributed by atoms with Crippen molar-refractivity contribution >= 4 is 12.2 Å². The van der Waals surface area contributed by atoms with Crippen LogP contribution >= 0.6 is 0 Å². The van der Waals surface area contributed by atoms with Gasteiger partial charge in [-0.15, -0.1) is 0 Å². The summed E-state index contributed by atoms with van der Waals surface area (Å²) in [6, 6.07) is 10.5. The molecule has 0 aliphatic heterocycles. The van der Waals surface area contributed by atoms with Gasteiger partial charge in [-0.2, -0.15) is 0 Å². The number of hydrogen-bond donors (Lipinski definition) is 0. The fourth-order valence-corrected chi connectivity index (χ4v) is 1.57. The highest BCUT2D eigenvalue weighted by atomic mass is 16.5. The first-order valence-corrected chi connectivity index (χ1v) is 5.72. The molecule has 0 aliphatic rings. The van der Waals surface area contributed by atoms with E-state index in [0.29, 0.717) is 11.5 Å². The highest BCUT2D eigenvalue weighted by molar-refractivity contribution is 5.67. The topological polar surface area (TPSA) is 48.7 Å². The quantitative estimate of drug-likeness (QED) is 0.846. The second kappa shape index (κ2) is 5.91. The van der Waals surface area contributed by atoms with E-state index >= 15 is 0 Å². The summed E-state index contributed by atoms with van der Waals surface area (Å²) < 4.78 is 15.1. The van der Waals surface area contributed by atoms with E-state index in [1.54, 1.807) is 19.3 Å². The number of rotatable bonds is 4. The molecule has 0 saturated carbocycles. The molecule has 19 heavy (non-hydrogen) atoms. The Balaban J connectivity index is 2.21. The van der Waals surface area contributed by atoms with E-state index < -0.39 is 5.63 Å². The summed E-state index contributed by atoms with van der Waals surface area (Å²) in [4.78, 5) is 11.3. The van der Waals surface area contributed by atoms with Crippen LogP contribution in [0.15, 0.2) is 45.6 Å². The molecule has 0 unspecified atom stereocenters. The summed E-state index contributed by atoms with van der Waals surface area (Å²) in [5.41, 5.74) is 0.542. The summed E-state index contributed by atoms with van der Waals surface area (Å²) in [7, 11) is 3.13. The molecular formula is C15H14O4. The van der Waals surface area contributed by atoms with Crippen molar-refractivity contribution in [3.63, 3.8) is 0 Å². The third kappa shape index (κ3) is 3.48. The monoisotopic (exact) mass is 258 g/mol. The third-order valence-corrected chi connectivity index (χ3v) is 2.55. The number of hydrogen-bond acceptors (Lipinski definition) is 4. The molecule has 4 nitrogen and oxygen atoms in total. The van der Waals surface area contributed by atoms with E-state index in [0.717, 1.165) is 11.3 Å². The maximum atomic E-state index is 11.3. The number of methoxy groups -OCH3 is 2. The Morgan fingerprint density at radius 2 is 1.63 bits per heavy atom. The highest BCUT2D eigenvalue weighted by Gasteiger charge is 1.98. The lowest BCUT2D eigenvalue weighted by atomic mass is 10.2. The van der Waals surface area contributed by atoms with Gasteiger partial charge in [0.2, 0.25) is 0 Å². The van der Waals surface area contributed by atoms with Crippen LogP contribution in [0.4, 0.5) is 0 Å². The Morgan fingerprint density at radius 1 is 0.947 bits per heavy atom. The van der Waals surface area contributed by atoms with Crippen molar-refractivity contribution in [2.24, 2.45) is 0 Å². The fraction of sp³-hybridized carbons (Fsp3) is 0.133. The standard InChI is InChI=1S/C15H14O4/c1-17-12-6-3-11(4-7-12)5-8-13-9-14(18-2)10-15(16)19-13/h3-10H,1-2H3/b8-5+. The summed E-state index contributed by atoms with van der Waals surface area (Å²) in [6.07, 6.45) is 3.56. The van der Waals surface area contributed by atoms with Crippen LogP contribution in [0, 0.1) is 0 Å². The summed E-state index contributed by atoms with van der Waals surface area (Å²) in [5.74, 6) is 1.72. The predicted octanol–water partition coefficient (Wildman–Crippen LogP) is 2.83. The molecule has 0 spiro atoms. The lowest BCUT2D eigenvalue weighted by Gasteiger charge is -2.00. The SMILES string of the molecule is COc1ccc(/C=C/c2cc(OC)cc(=O)o2)cc1. The van der Waals surface area contributed by atoms with E-state index in [9.17, 15) is 4.79 Å². The number of benzene rings is 1. The summed E-state index contributed by atoms with van der Waals surface area (Å²) in [5, 5.41) is 0. The van der Waals surface area contributed by atoms with Crippen molar-refractivity contribution in [1.29, 1.82) is 0 Å². The molecule has 0 saturated heterocycles. The van der Waals surface area contributed by atoms with Crippen LogP contribution in [-0.4, -0.2) is 14.2 Å². The second-order valence-corrected chi connectivity index (χ2v) is 3.83. The first-order chi connectivity index (χ1) is 9.21. The Bertz CT molecular complexity index is 623. The molecular weight excluding hydrogens is 244 g/mol. The van der Waals surface area contributed by atoms with Gasteiger partial charge in [0.05, 0.1) is 20.3 Å². The minimum Gasteiger partial charge on any atom is -0.497 e. The molecule has 0 radical (unpaired) electrons. The van der Waals surface area contributed by atoms with Crippen LogP contribution in [-0.2, 0) is 0 Å². The molecule has 0 aliphatic carbocycles. The second-order valence-electron chi connectivity index (χ2n) is 3.83. The van der Waals surface area contributed by atoms with Gasteiger partial charge in [-0.3, -0.25) is 0 Å². The molecule has 2 aromatic rings. The Morgan fingerprint density at radius 3 is 2.26 bits per heavy atom. The molecule has 98 valence electrons. The van der Waals surface area contributed by atoms with E-state index in [1.165, 1.54) is 13.2 Å². The van der Waals surface area contributed by atoms with Crippen molar-refractivity contribution in [2.75, 3.05) is 14.2 Å². The van der Waals surface area contributed by atoms with Gasteiger partial charge < -0.3 is 13.9 Å². The lowest BCUT2D eigenvalue weighted by Crippen LogP contribution is -1.98. The normalized spacial score (nSPS) is 10.6. The minimum absolute atomic E-state index is 0.436. The first kappa shape index (κ1) is 13.0. The van der Waals surface area contributed by atoms with E-state index in [-0.39, 0.29) is 0 Å². The van der Waals surface area contributed by atoms with Gasteiger partial charge in [-0.25, -0.2) is 4.79 Å². The van der Waals surface area contributed by atoms with Crippen LogP contribution in [0.3, 0.4) is 0 Å². The molecule has 1 heterocycles. The zero-order valence-electron chi connectivity index (χ0n) is 10.8. The van der Waals surface area contributed by atoms with Gasteiger partial charge >= 0.3 is 5.63 Å². The maximum absolute atomic E-state index is 11.3. The minimum atomic E-state index is -0.436. The Hall–Kier alpha value is -2.49. The van der Waals surface area contributed by atoms with Crippen LogP contribution < -0.4 is 15.1 Å². The molecule has 0 N–H and O–H groups in total. The van der Waals surface area contributed by atoms with E-state index in [1.807, 2.05) is 30.3 Å². The maximum Gasteiger partial charge on any atom is 0.339 e. The Labute approximate surface area is 110 Å². The largest absolute Gasteiger partial charge is 0.497 e. The molecule has 0 bridgehead atoms. The summed E-state index contributed by atoms with van der Waals surface area (Å²) >= 11 is 0. The van der Waals surface area contributed by atoms with Gasteiger partial charge in [0.1, 0.15) is 17.3 Å². The van der Waals surface area contributed by atoms with E-state index in [2.05, 4.69) is 0 Å². The zero-order chi connectivity index (χ0) is 13.7. The van der Waals surface area contributed by atoms with Gasteiger partial charge in [0.15, 0.2) is 0 Å². The van der Waals surface area contributed by atoms with Gasteiger partial charge in [-0.05, 0) is 23.8 Å². The van der Waals surface area contributed by atoms with Crippen molar-refractivity contribution in [3.8, 4) is 11.5 Å². The molecule has 1 aromatic heterocycles. The van der Waals surface area contributed by atoms with Gasteiger partial charge in [0.25, 0.3) is 0 Å². The van der Waals surface area contributed by atoms with Crippen LogP contribution in [0.2, 0.25) is 0 Å². The molecule has 4 heteroatoms. The highest BCUT2D eigenvalue weighted by Crippen LogP contribution is 2.15. The average Bonchev–Trinajstić information content (AvgIpc) is 2.45. The van der Waals surface area contributed by atoms with Crippen LogP contribution in [0.25, 0.3) is 12.2 Å². The average molecular weight is 258 g/mol. The number of ether oxygens (including phenoxy) is 2.